The monoisotopic (exact) mass is 306 g/mol. The van der Waals surface area contributed by atoms with Gasteiger partial charge < -0.3 is 30.4 Å². The van der Waals surface area contributed by atoms with Gasteiger partial charge >= 0.3 is 0 Å². The number of nitrogens with two attached hydrogens (primary N) is 2. The molecule has 3 unspecified atom stereocenters. The summed E-state index contributed by atoms with van der Waals surface area (Å²) in [6, 6.07) is 0. The highest BCUT2D eigenvalue weighted by atomic mass is 16.6. The van der Waals surface area contributed by atoms with Crippen molar-refractivity contribution in [3.05, 3.63) is 0 Å². The molecule has 0 aromatic rings. The minimum Gasteiger partial charge on any atom is -0.379 e. The van der Waals surface area contributed by atoms with Gasteiger partial charge in [-0.2, -0.15) is 0 Å². The van der Waals surface area contributed by atoms with E-state index >= 15 is 0 Å². The van der Waals surface area contributed by atoms with Gasteiger partial charge in [-0.15, -0.1) is 0 Å². The zero-order chi connectivity index (χ0) is 15.9. The van der Waals surface area contributed by atoms with Crippen LogP contribution in [0.4, 0.5) is 0 Å². The highest BCUT2D eigenvalue weighted by Crippen LogP contribution is 2.01. The topological polar surface area (TPSA) is 89.0 Å². The normalized spacial score (nSPS) is 15.9. The van der Waals surface area contributed by atoms with Crippen molar-refractivity contribution in [2.24, 2.45) is 11.5 Å². The summed E-state index contributed by atoms with van der Waals surface area (Å²) in [6.07, 6.45) is 1.94. The van der Waals surface area contributed by atoms with Crippen LogP contribution < -0.4 is 11.5 Å². The molecule has 0 amide bonds. The van der Waals surface area contributed by atoms with E-state index in [0.29, 0.717) is 46.1 Å². The first-order chi connectivity index (χ1) is 10.1. The molecule has 0 bridgehead atoms. The zero-order valence-electron chi connectivity index (χ0n) is 13.9. The van der Waals surface area contributed by atoms with Gasteiger partial charge in [0.25, 0.3) is 0 Å². The molecule has 4 N–H and O–H groups in total. The Morgan fingerprint density at radius 2 is 1.14 bits per heavy atom. The summed E-state index contributed by atoms with van der Waals surface area (Å²) in [5, 5.41) is 0. The number of hydrogen-bond acceptors (Lipinski definition) is 6. The summed E-state index contributed by atoms with van der Waals surface area (Å²) in [6.45, 7) is 10.4. The van der Waals surface area contributed by atoms with Crippen LogP contribution in [0.2, 0.25) is 0 Å². The molecule has 0 spiro atoms. The fraction of sp³-hybridized carbons (Fsp3) is 1.00. The molecule has 0 aliphatic carbocycles. The van der Waals surface area contributed by atoms with Crippen molar-refractivity contribution >= 4 is 0 Å². The Morgan fingerprint density at radius 1 is 0.667 bits per heavy atom. The molecule has 3 atom stereocenters. The van der Waals surface area contributed by atoms with E-state index in [0.717, 1.165) is 12.8 Å². The van der Waals surface area contributed by atoms with Crippen molar-refractivity contribution in [3.63, 3.8) is 0 Å². The summed E-state index contributed by atoms with van der Waals surface area (Å²) in [5.74, 6) is 0. The Kier molecular flexibility index (Phi) is 14.5. The van der Waals surface area contributed by atoms with E-state index in [1.165, 1.54) is 0 Å². The first-order valence-corrected chi connectivity index (χ1v) is 7.92. The molecule has 0 aromatic carbocycles. The van der Waals surface area contributed by atoms with Crippen molar-refractivity contribution in [1.29, 1.82) is 0 Å². The van der Waals surface area contributed by atoms with Crippen molar-refractivity contribution in [1.82, 2.24) is 0 Å². The van der Waals surface area contributed by atoms with Crippen LogP contribution >= 0.6 is 0 Å². The van der Waals surface area contributed by atoms with Gasteiger partial charge in [0.2, 0.25) is 0 Å². The van der Waals surface area contributed by atoms with E-state index in [2.05, 4.69) is 0 Å². The van der Waals surface area contributed by atoms with Gasteiger partial charge in [-0.3, -0.25) is 0 Å². The lowest BCUT2D eigenvalue weighted by atomic mass is 10.3. The second-order valence-electron chi connectivity index (χ2n) is 5.33. The smallest absolute Gasteiger partial charge is 0.0781 e. The predicted octanol–water partition coefficient (Wildman–Crippen LogP) is 0.916. The molecular formula is C15H34N2O4. The maximum atomic E-state index is 5.69. The van der Waals surface area contributed by atoms with Crippen LogP contribution in [-0.4, -0.2) is 64.4 Å². The highest BCUT2D eigenvalue weighted by molar-refractivity contribution is 4.55. The van der Waals surface area contributed by atoms with E-state index in [1.807, 2.05) is 20.8 Å². The summed E-state index contributed by atoms with van der Waals surface area (Å²) in [5.41, 5.74) is 10.8. The lowest BCUT2D eigenvalue weighted by Crippen LogP contribution is -2.27. The third kappa shape index (κ3) is 14.5. The average molecular weight is 306 g/mol. The summed E-state index contributed by atoms with van der Waals surface area (Å²) in [4.78, 5) is 0. The third-order valence-corrected chi connectivity index (χ3v) is 2.83. The summed E-state index contributed by atoms with van der Waals surface area (Å²) < 4.78 is 22.4. The minimum atomic E-state index is 0.0389. The maximum absolute atomic E-state index is 5.69. The Balaban J connectivity index is 3.49. The molecule has 128 valence electrons. The lowest BCUT2D eigenvalue weighted by molar-refractivity contribution is -0.0798. The summed E-state index contributed by atoms with van der Waals surface area (Å²) in [7, 11) is 0. The molecule has 0 rings (SSSR count). The van der Waals surface area contributed by atoms with Gasteiger partial charge in [0.15, 0.2) is 0 Å². The Morgan fingerprint density at radius 3 is 1.71 bits per heavy atom. The van der Waals surface area contributed by atoms with Crippen molar-refractivity contribution < 1.29 is 18.9 Å². The van der Waals surface area contributed by atoms with Gasteiger partial charge in [0.1, 0.15) is 0 Å². The molecule has 0 aliphatic rings. The van der Waals surface area contributed by atoms with E-state index in [9.17, 15) is 0 Å². The maximum Gasteiger partial charge on any atom is 0.0781 e. The molecule has 21 heavy (non-hydrogen) atoms. The molecule has 0 aliphatic heterocycles. The van der Waals surface area contributed by atoms with Gasteiger partial charge in [-0.05, 0) is 46.7 Å². The van der Waals surface area contributed by atoms with Crippen molar-refractivity contribution in [3.8, 4) is 0 Å². The van der Waals surface area contributed by atoms with Crippen LogP contribution in [-0.2, 0) is 18.9 Å². The number of hydrogen-bond donors (Lipinski definition) is 2. The molecule has 6 nitrogen and oxygen atoms in total. The molecule has 0 aromatic heterocycles. The fourth-order valence-electron chi connectivity index (χ4n) is 1.55. The van der Waals surface area contributed by atoms with Crippen LogP contribution in [0.5, 0.6) is 0 Å². The summed E-state index contributed by atoms with van der Waals surface area (Å²) >= 11 is 0. The quantitative estimate of drug-likeness (QED) is 0.437. The Labute approximate surface area is 129 Å². The number of ether oxygens (including phenoxy) is 4. The SMILES string of the molecule is CC(COCCCN)OCC(C)OCC(C)OCCCN. The van der Waals surface area contributed by atoms with Gasteiger partial charge in [0.05, 0.1) is 38.1 Å². The molecule has 0 heterocycles. The molecule has 6 heteroatoms. The van der Waals surface area contributed by atoms with Crippen molar-refractivity contribution in [2.45, 2.75) is 51.9 Å². The fourth-order valence-corrected chi connectivity index (χ4v) is 1.55. The minimum absolute atomic E-state index is 0.0389. The van der Waals surface area contributed by atoms with Gasteiger partial charge in [-0.1, -0.05) is 0 Å². The molecule has 0 fully saturated rings. The molecule has 0 saturated heterocycles. The first-order valence-electron chi connectivity index (χ1n) is 7.92. The second-order valence-corrected chi connectivity index (χ2v) is 5.33. The van der Waals surface area contributed by atoms with Crippen LogP contribution in [0.1, 0.15) is 33.6 Å². The Hall–Kier alpha value is -0.240. The molecular weight excluding hydrogens is 272 g/mol. The van der Waals surface area contributed by atoms with E-state index in [1.54, 1.807) is 0 Å². The van der Waals surface area contributed by atoms with Crippen LogP contribution in [0.25, 0.3) is 0 Å². The largest absolute Gasteiger partial charge is 0.379 e. The third-order valence-electron chi connectivity index (χ3n) is 2.83. The lowest BCUT2D eigenvalue weighted by Gasteiger charge is -2.20. The highest BCUT2D eigenvalue weighted by Gasteiger charge is 2.09. The number of rotatable bonds is 15. The average Bonchev–Trinajstić information content (AvgIpc) is 2.47. The second kappa shape index (κ2) is 14.7. The standard InChI is InChI=1S/C15H34N2O4/c1-13(10-18-8-4-6-16)20-12-15(3)21-11-14(2)19-9-5-7-17/h13-15H,4-12,16-17H2,1-3H3. The van der Waals surface area contributed by atoms with Crippen LogP contribution in [0.3, 0.4) is 0 Å². The molecule has 0 radical (unpaired) electrons. The zero-order valence-corrected chi connectivity index (χ0v) is 13.9. The molecule has 0 saturated carbocycles. The Bertz CT molecular complexity index is 220. The van der Waals surface area contributed by atoms with Crippen LogP contribution in [0.15, 0.2) is 0 Å². The van der Waals surface area contributed by atoms with Crippen molar-refractivity contribution in [2.75, 3.05) is 46.1 Å². The predicted molar refractivity (Wildman–Crippen MR) is 84.4 cm³/mol. The van der Waals surface area contributed by atoms with Gasteiger partial charge in [-0.25, -0.2) is 0 Å². The van der Waals surface area contributed by atoms with E-state index < -0.39 is 0 Å². The first kappa shape index (κ1) is 20.8. The van der Waals surface area contributed by atoms with E-state index in [-0.39, 0.29) is 18.3 Å². The van der Waals surface area contributed by atoms with Crippen LogP contribution in [0, 0.1) is 0 Å². The van der Waals surface area contributed by atoms with Gasteiger partial charge in [0, 0.05) is 13.2 Å². The van der Waals surface area contributed by atoms with E-state index in [4.69, 9.17) is 30.4 Å².